The van der Waals surface area contributed by atoms with Gasteiger partial charge in [0.2, 0.25) is 0 Å². The fourth-order valence-corrected chi connectivity index (χ4v) is 2.64. The van der Waals surface area contributed by atoms with E-state index in [1.54, 1.807) is 0 Å². The molecule has 2 aliphatic carbocycles. The molecule has 0 bridgehead atoms. The zero-order valence-corrected chi connectivity index (χ0v) is 13.3. The van der Waals surface area contributed by atoms with Crippen molar-refractivity contribution in [1.29, 1.82) is 0 Å². The Morgan fingerprint density at radius 2 is 1.20 bits per heavy atom. The number of hydrogen-bond donors (Lipinski definition) is 0. The van der Waals surface area contributed by atoms with Gasteiger partial charge in [0.05, 0.1) is 21.8 Å². The summed E-state index contributed by atoms with van der Waals surface area (Å²) in [5.41, 5.74) is 0. The van der Waals surface area contributed by atoms with E-state index in [0.29, 0.717) is 0 Å². The van der Waals surface area contributed by atoms with Crippen LogP contribution in [0.5, 0.6) is 0 Å². The third kappa shape index (κ3) is 3.42. The second-order valence-corrected chi connectivity index (χ2v) is 6.83. The third-order valence-corrected chi connectivity index (χ3v) is 5.10. The maximum Gasteiger partial charge on any atom is 0.0910 e. The Morgan fingerprint density at radius 1 is 0.800 bits per heavy atom. The molecule has 0 spiro atoms. The Hall–Kier alpha value is -0.860. The lowest BCUT2D eigenvalue weighted by Crippen LogP contribution is -2.34. The molecule has 2 rings (SSSR count). The van der Waals surface area contributed by atoms with Crippen LogP contribution >= 0.6 is 23.2 Å². The fourth-order valence-electron chi connectivity index (χ4n) is 2.23. The molecular formula is C16H20Cl2N2. The quantitative estimate of drug-likeness (QED) is 0.503. The molecule has 2 aliphatic rings. The van der Waals surface area contributed by atoms with Crippen LogP contribution < -0.4 is 0 Å². The molecule has 0 saturated heterocycles. The summed E-state index contributed by atoms with van der Waals surface area (Å²) in [7, 11) is 0. The molecule has 0 amide bonds. The zero-order chi connectivity index (χ0) is 14.6. The van der Waals surface area contributed by atoms with Crippen molar-refractivity contribution in [3.8, 4) is 0 Å². The molecule has 4 unspecified atom stereocenters. The fraction of sp³-hybridized carbons (Fsp3) is 0.500. The first-order valence-electron chi connectivity index (χ1n) is 6.93. The first-order chi connectivity index (χ1) is 9.46. The molecule has 108 valence electrons. The lowest BCUT2D eigenvalue weighted by Gasteiger charge is -2.30. The minimum atomic E-state index is -0.472. The van der Waals surface area contributed by atoms with E-state index in [1.165, 1.54) is 0 Å². The minimum Gasteiger partial charge on any atom is -0.189 e. The Bertz CT molecular complexity index is 449. The molecule has 20 heavy (non-hydrogen) atoms. The Balaban J connectivity index is 2.02. The summed E-state index contributed by atoms with van der Waals surface area (Å²) in [4.78, 5) is -0.945. The highest BCUT2D eigenvalue weighted by atomic mass is 35.5. The highest BCUT2D eigenvalue weighted by Crippen LogP contribution is 2.34. The second kappa shape index (κ2) is 6.28. The van der Waals surface area contributed by atoms with Crippen LogP contribution in [0.15, 0.2) is 58.8 Å². The van der Waals surface area contributed by atoms with Crippen LogP contribution in [0, 0.1) is 0 Å². The lowest BCUT2D eigenvalue weighted by molar-refractivity contribution is 0.496. The second-order valence-electron chi connectivity index (χ2n) is 5.42. The van der Waals surface area contributed by atoms with Crippen LogP contribution in [0.2, 0.25) is 0 Å². The molecule has 0 aliphatic heterocycles. The lowest BCUT2D eigenvalue weighted by atomic mass is 9.92. The van der Waals surface area contributed by atoms with Crippen LogP contribution in [0.1, 0.15) is 26.7 Å². The number of halogens is 2. The Labute approximate surface area is 130 Å². The SMILES string of the molecule is CC(N=NC(C)C1(Cl)C=CC=CC1)C1(Cl)C=CC=CC1. The highest BCUT2D eigenvalue weighted by molar-refractivity contribution is 6.26. The van der Waals surface area contributed by atoms with Crippen molar-refractivity contribution in [2.45, 2.75) is 48.5 Å². The average Bonchev–Trinajstić information content (AvgIpc) is 2.46. The summed E-state index contributed by atoms with van der Waals surface area (Å²) in [5, 5.41) is 8.81. The van der Waals surface area contributed by atoms with Gasteiger partial charge < -0.3 is 0 Å². The van der Waals surface area contributed by atoms with Crippen LogP contribution in [0.3, 0.4) is 0 Å². The number of allylic oxidation sites excluding steroid dienone is 6. The maximum atomic E-state index is 6.58. The average molecular weight is 311 g/mol. The van der Waals surface area contributed by atoms with E-state index < -0.39 is 9.75 Å². The molecule has 0 aromatic rings. The van der Waals surface area contributed by atoms with E-state index >= 15 is 0 Å². The monoisotopic (exact) mass is 310 g/mol. The van der Waals surface area contributed by atoms with E-state index in [-0.39, 0.29) is 12.1 Å². The topological polar surface area (TPSA) is 24.7 Å². The number of alkyl halides is 2. The minimum absolute atomic E-state index is 0.0869. The van der Waals surface area contributed by atoms with Crippen LogP contribution in [0.25, 0.3) is 0 Å². The number of nitrogens with zero attached hydrogens (tertiary/aromatic N) is 2. The van der Waals surface area contributed by atoms with Gasteiger partial charge in [-0.15, -0.1) is 23.2 Å². The van der Waals surface area contributed by atoms with E-state index in [0.717, 1.165) is 12.8 Å². The summed E-state index contributed by atoms with van der Waals surface area (Å²) in [6.07, 6.45) is 17.6. The molecule has 4 heteroatoms. The van der Waals surface area contributed by atoms with E-state index in [9.17, 15) is 0 Å². The van der Waals surface area contributed by atoms with Crippen molar-refractivity contribution in [3.05, 3.63) is 48.6 Å². The van der Waals surface area contributed by atoms with Gasteiger partial charge >= 0.3 is 0 Å². The Kier molecular flexibility index (Phi) is 4.87. The molecule has 0 N–H and O–H groups in total. The van der Waals surface area contributed by atoms with Crippen molar-refractivity contribution >= 4 is 23.2 Å². The molecule has 0 saturated carbocycles. The van der Waals surface area contributed by atoms with Gasteiger partial charge in [-0.2, -0.15) is 10.2 Å². The zero-order valence-electron chi connectivity index (χ0n) is 11.8. The van der Waals surface area contributed by atoms with E-state index in [1.807, 2.05) is 50.3 Å². The van der Waals surface area contributed by atoms with Gasteiger partial charge in [-0.25, -0.2) is 0 Å². The van der Waals surface area contributed by atoms with Gasteiger partial charge in [-0.1, -0.05) is 48.6 Å². The molecule has 0 fully saturated rings. The normalized spacial score (nSPS) is 35.6. The molecule has 2 nitrogen and oxygen atoms in total. The Morgan fingerprint density at radius 3 is 1.50 bits per heavy atom. The largest absolute Gasteiger partial charge is 0.189 e. The predicted molar refractivity (Wildman–Crippen MR) is 86.7 cm³/mol. The van der Waals surface area contributed by atoms with Crippen molar-refractivity contribution in [1.82, 2.24) is 0 Å². The third-order valence-electron chi connectivity index (χ3n) is 3.90. The summed E-state index contributed by atoms with van der Waals surface area (Å²) in [6.45, 7) is 3.98. The summed E-state index contributed by atoms with van der Waals surface area (Å²) < 4.78 is 0. The molecule has 0 radical (unpaired) electrons. The van der Waals surface area contributed by atoms with Gasteiger partial charge in [0.15, 0.2) is 0 Å². The predicted octanol–water partition coefficient (Wildman–Crippen LogP) is 5.20. The van der Waals surface area contributed by atoms with Crippen LogP contribution in [-0.2, 0) is 0 Å². The molecule has 0 heterocycles. The molecule has 0 aromatic carbocycles. The van der Waals surface area contributed by atoms with Crippen LogP contribution in [0.4, 0.5) is 0 Å². The number of azo groups is 1. The summed E-state index contributed by atoms with van der Waals surface area (Å²) in [5.74, 6) is 0. The van der Waals surface area contributed by atoms with Gasteiger partial charge in [0.1, 0.15) is 0 Å². The first kappa shape index (κ1) is 15.5. The van der Waals surface area contributed by atoms with Crippen molar-refractivity contribution in [2.75, 3.05) is 0 Å². The standard InChI is InChI=1S/C16H20Cl2N2/c1-13(15(17)9-5-3-6-10-15)19-20-14(2)16(18)11-7-4-8-12-16/h3-9,11,13-14H,10,12H2,1-2H3. The molecule has 4 atom stereocenters. The molecule has 0 aromatic heterocycles. The highest BCUT2D eigenvalue weighted by Gasteiger charge is 2.34. The van der Waals surface area contributed by atoms with Gasteiger partial charge in [0.25, 0.3) is 0 Å². The van der Waals surface area contributed by atoms with Crippen molar-refractivity contribution in [2.24, 2.45) is 10.2 Å². The van der Waals surface area contributed by atoms with Gasteiger partial charge in [-0.05, 0) is 26.7 Å². The summed E-state index contributed by atoms with van der Waals surface area (Å²) >= 11 is 13.2. The van der Waals surface area contributed by atoms with Gasteiger partial charge in [-0.3, -0.25) is 0 Å². The van der Waals surface area contributed by atoms with Crippen molar-refractivity contribution in [3.63, 3.8) is 0 Å². The maximum absolute atomic E-state index is 6.58. The smallest absolute Gasteiger partial charge is 0.0910 e. The molecular weight excluding hydrogens is 291 g/mol. The van der Waals surface area contributed by atoms with E-state index in [4.69, 9.17) is 23.2 Å². The number of rotatable bonds is 4. The summed E-state index contributed by atoms with van der Waals surface area (Å²) in [6, 6.07) is -0.174. The van der Waals surface area contributed by atoms with Gasteiger partial charge in [0, 0.05) is 0 Å². The van der Waals surface area contributed by atoms with Crippen LogP contribution in [-0.4, -0.2) is 21.8 Å². The van der Waals surface area contributed by atoms with E-state index in [2.05, 4.69) is 22.4 Å². The number of hydrogen-bond acceptors (Lipinski definition) is 2. The van der Waals surface area contributed by atoms with Crippen molar-refractivity contribution < 1.29 is 0 Å². The first-order valence-corrected chi connectivity index (χ1v) is 7.68.